The van der Waals surface area contributed by atoms with Crippen molar-refractivity contribution in [1.82, 2.24) is 4.57 Å². The lowest BCUT2D eigenvalue weighted by Crippen LogP contribution is -2.35. The molecule has 46 heavy (non-hydrogen) atoms. The van der Waals surface area contributed by atoms with E-state index in [1.165, 1.54) is 10.8 Å². The van der Waals surface area contributed by atoms with Crippen molar-refractivity contribution in [3.8, 4) is 5.75 Å². The molecule has 1 aromatic heterocycles. The van der Waals surface area contributed by atoms with Crippen molar-refractivity contribution in [1.29, 1.82) is 0 Å². The van der Waals surface area contributed by atoms with E-state index in [9.17, 15) is 29.4 Å². The molecular formula is C33H33NO12. The molecule has 4 atom stereocenters. The van der Waals surface area contributed by atoms with Gasteiger partial charge in [0.2, 0.25) is 0 Å². The molecule has 13 heteroatoms. The zero-order valence-corrected chi connectivity index (χ0v) is 24.3. The number of carboxylic acid groups (broad SMARTS) is 3. The Bertz CT molecular complexity index is 1510. The monoisotopic (exact) mass is 635 g/mol. The number of hydrogen-bond acceptors (Lipinski definition) is 9. The van der Waals surface area contributed by atoms with Crippen molar-refractivity contribution in [2.24, 2.45) is 0 Å². The van der Waals surface area contributed by atoms with Gasteiger partial charge in [0, 0.05) is 12.6 Å². The van der Waals surface area contributed by atoms with E-state index >= 15 is 0 Å². The zero-order valence-electron chi connectivity index (χ0n) is 24.3. The number of aliphatic hydroxyl groups excluding tert-OH is 3. The molecule has 1 fully saturated rings. The summed E-state index contributed by atoms with van der Waals surface area (Å²) in [6.45, 7) is 0.0437. The van der Waals surface area contributed by atoms with E-state index in [0.717, 1.165) is 0 Å². The van der Waals surface area contributed by atoms with E-state index in [-0.39, 0.29) is 5.56 Å². The first-order valence-electron chi connectivity index (χ1n) is 13.9. The van der Waals surface area contributed by atoms with Gasteiger partial charge in [0.05, 0.1) is 35.5 Å². The fraction of sp³-hybridized carbons (Fsp3) is 0.212. The number of carboxylic acids is 3. The number of pyridine rings is 1. The molecule has 0 aliphatic carbocycles. The third kappa shape index (κ3) is 9.58. The lowest BCUT2D eigenvalue weighted by Gasteiger charge is -2.18. The molecular weight excluding hydrogens is 602 g/mol. The third-order valence-corrected chi connectivity index (χ3v) is 6.64. The first-order chi connectivity index (χ1) is 22.0. The van der Waals surface area contributed by atoms with Gasteiger partial charge >= 0.3 is 17.9 Å². The van der Waals surface area contributed by atoms with E-state index in [1.807, 2.05) is 0 Å². The highest BCUT2D eigenvalue weighted by atomic mass is 16.6. The number of benzene rings is 3. The van der Waals surface area contributed by atoms with E-state index in [4.69, 9.17) is 29.9 Å². The van der Waals surface area contributed by atoms with Crippen molar-refractivity contribution < 1.29 is 54.5 Å². The van der Waals surface area contributed by atoms with Crippen LogP contribution < -0.4 is 10.3 Å². The van der Waals surface area contributed by atoms with E-state index in [1.54, 1.807) is 97.1 Å². The molecule has 0 unspecified atom stereocenters. The number of rotatable bonds is 5. The quantitative estimate of drug-likeness (QED) is 0.187. The predicted molar refractivity (Wildman–Crippen MR) is 163 cm³/mol. The topological polar surface area (TPSA) is 213 Å². The largest absolute Gasteiger partial charge is 0.493 e. The Kier molecular flexibility index (Phi) is 13.2. The standard InChI is InChI=1S/C12H15NO6.3C7H6O2/c14-5-8-9(15)10(16)12(19-8)13-3-1-7-6(11(13)17)2-4-18-7;3*8-7(9)6-4-2-1-3-5-6/h1,3,8-10,12,14-16H,2,4-5H2;3*1-5H,(H,8,9)/t8-,9-,10-,12-;;;/m1.../s1. The molecule has 0 bridgehead atoms. The molecule has 242 valence electrons. The van der Waals surface area contributed by atoms with Gasteiger partial charge in [-0.05, 0) is 42.5 Å². The Morgan fingerprint density at radius 2 is 1.13 bits per heavy atom. The maximum atomic E-state index is 12.2. The van der Waals surface area contributed by atoms with E-state index < -0.39 is 49.1 Å². The highest BCUT2D eigenvalue weighted by molar-refractivity contribution is 5.88. The first kappa shape index (κ1) is 35.1. The number of aromatic carboxylic acids is 3. The summed E-state index contributed by atoms with van der Waals surface area (Å²) in [6.07, 6.45) is -2.38. The molecule has 13 nitrogen and oxygen atoms in total. The van der Waals surface area contributed by atoms with Crippen molar-refractivity contribution in [3.63, 3.8) is 0 Å². The van der Waals surface area contributed by atoms with Gasteiger partial charge in [0.25, 0.3) is 5.56 Å². The zero-order chi connectivity index (χ0) is 33.6. The lowest BCUT2D eigenvalue weighted by molar-refractivity contribution is -0.0544. The van der Waals surface area contributed by atoms with E-state index in [2.05, 4.69) is 0 Å². The number of aromatic nitrogens is 1. The van der Waals surface area contributed by atoms with Crippen molar-refractivity contribution in [2.75, 3.05) is 13.2 Å². The molecule has 0 radical (unpaired) electrons. The SMILES string of the molecule is O=C(O)c1ccccc1.O=C(O)c1ccccc1.O=C(O)c1ccccc1.O=c1c2c(ccn1[C@@H]1O[C@H](CO)[C@@H](O)[C@H]1O)OCC2. The molecule has 0 saturated carbocycles. The highest BCUT2D eigenvalue weighted by Gasteiger charge is 2.44. The summed E-state index contributed by atoms with van der Waals surface area (Å²) in [6, 6.07) is 26.5. The number of hydrogen-bond donors (Lipinski definition) is 6. The molecule has 4 aromatic rings. The average Bonchev–Trinajstić information content (AvgIpc) is 3.68. The minimum absolute atomic E-state index is 0.301. The Labute approximate surface area is 262 Å². The first-order valence-corrected chi connectivity index (χ1v) is 13.9. The van der Waals surface area contributed by atoms with E-state index in [0.29, 0.717) is 41.0 Å². The summed E-state index contributed by atoms with van der Waals surface area (Å²) >= 11 is 0. The molecule has 6 rings (SSSR count). The Balaban J connectivity index is 0.000000181. The van der Waals surface area contributed by atoms with Gasteiger partial charge in [-0.2, -0.15) is 0 Å². The summed E-state index contributed by atoms with van der Waals surface area (Å²) in [5.41, 5.74) is 1.23. The summed E-state index contributed by atoms with van der Waals surface area (Å²) in [4.78, 5) is 42.8. The van der Waals surface area contributed by atoms with Crippen LogP contribution in [0.1, 0.15) is 42.9 Å². The molecule has 2 aliphatic heterocycles. The van der Waals surface area contributed by atoms with Gasteiger partial charge in [0.1, 0.15) is 24.1 Å². The number of carbonyl (C=O) groups is 3. The van der Waals surface area contributed by atoms with Gasteiger partial charge in [-0.1, -0.05) is 54.6 Å². The highest BCUT2D eigenvalue weighted by Crippen LogP contribution is 2.30. The molecule has 3 aromatic carbocycles. The number of fused-ring (bicyclic) bond motifs is 1. The van der Waals surface area contributed by atoms with Crippen LogP contribution >= 0.6 is 0 Å². The maximum Gasteiger partial charge on any atom is 0.335 e. The van der Waals surface area contributed by atoms with Crippen LogP contribution in [0.5, 0.6) is 5.75 Å². The summed E-state index contributed by atoms with van der Waals surface area (Å²) in [5.74, 6) is -2.09. The van der Waals surface area contributed by atoms with Crippen LogP contribution in [0, 0.1) is 0 Å². The fourth-order valence-electron chi connectivity index (χ4n) is 4.26. The Hall–Kier alpha value is -5.34. The van der Waals surface area contributed by atoms with Crippen LogP contribution in [0.15, 0.2) is 108 Å². The van der Waals surface area contributed by atoms with Crippen LogP contribution in [-0.2, 0) is 11.2 Å². The summed E-state index contributed by atoms with van der Waals surface area (Å²) in [5, 5.41) is 53.8. The fourth-order valence-corrected chi connectivity index (χ4v) is 4.26. The molecule has 6 N–H and O–H groups in total. The Morgan fingerprint density at radius 3 is 1.48 bits per heavy atom. The van der Waals surface area contributed by atoms with Crippen LogP contribution in [-0.4, -0.2) is 84.6 Å². The second kappa shape index (κ2) is 17.2. The van der Waals surface area contributed by atoms with Crippen LogP contribution in [0.4, 0.5) is 0 Å². The predicted octanol–water partition coefficient (Wildman–Crippen LogP) is 2.55. The lowest BCUT2D eigenvalue weighted by atomic mass is 10.1. The average molecular weight is 636 g/mol. The van der Waals surface area contributed by atoms with Crippen LogP contribution in [0.3, 0.4) is 0 Å². The van der Waals surface area contributed by atoms with Gasteiger partial charge in [-0.3, -0.25) is 9.36 Å². The Morgan fingerprint density at radius 1 is 0.696 bits per heavy atom. The van der Waals surface area contributed by atoms with Gasteiger partial charge in [0.15, 0.2) is 6.23 Å². The van der Waals surface area contributed by atoms with Crippen molar-refractivity contribution in [3.05, 3.63) is 136 Å². The van der Waals surface area contributed by atoms with Crippen LogP contribution in [0.2, 0.25) is 0 Å². The van der Waals surface area contributed by atoms with Gasteiger partial charge in [-0.25, -0.2) is 14.4 Å². The van der Waals surface area contributed by atoms with Crippen molar-refractivity contribution >= 4 is 17.9 Å². The number of nitrogens with zero attached hydrogens (tertiary/aromatic N) is 1. The minimum atomic E-state index is -1.25. The molecule has 0 amide bonds. The van der Waals surface area contributed by atoms with Gasteiger partial charge < -0.3 is 40.1 Å². The molecule has 3 heterocycles. The molecule has 2 aliphatic rings. The summed E-state index contributed by atoms with van der Waals surface area (Å²) in [7, 11) is 0. The normalized spacial score (nSPS) is 18.9. The number of ether oxygens (including phenoxy) is 2. The smallest absolute Gasteiger partial charge is 0.335 e. The maximum absolute atomic E-state index is 12.2. The number of aliphatic hydroxyl groups is 3. The minimum Gasteiger partial charge on any atom is -0.493 e. The molecule has 0 spiro atoms. The van der Waals surface area contributed by atoms with Gasteiger partial charge in [-0.15, -0.1) is 0 Å². The third-order valence-electron chi connectivity index (χ3n) is 6.64. The molecule has 1 saturated heterocycles. The van der Waals surface area contributed by atoms with Crippen LogP contribution in [0.25, 0.3) is 0 Å². The summed E-state index contributed by atoms with van der Waals surface area (Å²) < 4.78 is 11.8. The second-order valence-corrected chi connectivity index (χ2v) is 9.71. The second-order valence-electron chi connectivity index (χ2n) is 9.71. The van der Waals surface area contributed by atoms with Crippen molar-refractivity contribution in [2.45, 2.75) is 31.0 Å².